The number of benzene rings is 3. The third kappa shape index (κ3) is 35.2. The number of unbranched alkanes of at least 4 members (excludes halogenated alkanes) is 36. The molecule has 3 aromatic rings. The van der Waals surface area contributed by atoms with Gasteiger partial charge < -0.3 is 33.5 Å². The molecular weight excluding hydrogens is 957 g/mol. The van der Waals surface area contributed by atoms with Crippen molar-refractivity contribution in [1.29, 1.82) is 0 Å². The lowest BCUT2D eigenvalue weighted by atomic mass is 10.1. The number of ether oxygens (including phenoxy) is 6. The zero-order chi connectivity index (χ0) is 54.9. The molecule has 0 spiro atoms. The fourth-order valence-electron chi connectivity index (χ4n) is 10.0. The summed E-state index contributed by atoms with van der Waals surface area (Å²) < 4.78 is 38.2. The molecule has 0 fully saturated rings. The van der Waals surface area contributed by atoms with Crippen LogP contribution in [-0.4, -0.2) is 37.5 Å². The molecule has 3 rings (SSSR count). The van der Waals surface area contributed by atoms with E-state index in [0.717, 1.165) is 72.6 Å². The van der Waals surface area contributed by atoms with Crippen LogP contribution in [0.15, 0.2) is 54.6 Å². The molecule has 1 N–H and O–H groups in total. The Morgan fingerprint density at radius 2 is 0.545 bits per heavy atom. The van der Waals surface area contributed by atoms with Gasteiger partial charge in [0.25, 0.3) is 0 Å². The van der Waals surface area contributed by atoms with E-state index in [4.69, 9.17) is 28.4 Å². The van der Waals surface area contributed by atoms with Crippen molar-refractivity contribution >= 4 is 5.97 Å². The Hall–Kier alpha value is -4.07. The highest BCUT2D eigenvalue weighted by molar-refractivity contribution is 5.88. The van der Waals surface area contributed by atoms with Crippen LogP contribution in [0.3, 0.4) is 0 Å². The van der Waals surface area contributed by atoms with Gasteiger partial charge in [0, 0.05) is 6.07 Å². The number of aromatic carboxylic acids is 1. The summed E-state index contributed by atoms with van der Waals surface area (Å²) in [6, 6.07) is 16.9. The fraction of sp³-hybridized carbons (Fsp3) is 0.725. The van der Waals surface area contributed by atoms with Gasteiger partial charge >= 0.3 is 5.97 Å². The zero-order valence-electron chi connectivity index (χ0n) is 50.0. The molecule has 0 amide bonds. The summed E-state index contributed by atoms with van der Waals surface area (Å²) >= 11 is 0. The number of carbonyl (C=O) groups is 1. The SMILES string of the molecule is CCCCCCCCCCCCOc1ccc(COc2cc(OCc3ccc(OCCCCCCCCCCCC)c(OCCCCCCCCCCCC)c3)cc(C(=O)O)c2)cc1OCCCCCCCCCCCC. The number of hydrogen-bond donors (Lipinski definition) is 1. The molecule has 0 aliphatic carbocycles. The quantitative estimate of drug-likeness (QED) is 0.0559. The van der Waals surface area contributed by atoms with Gasteiger partial charge in [0.05, 0.1) is 32.0 Å². The van der Waals surface area contributed by atoms with Gasteiger partial charge in [-0.05, 0) is 73.2 Å². The van der Waals surface area contributed by atoms with Crippen molar-refractivity contribution < 1.29 is 38.3 Å². The summed E-state index contributed by atoms with van der Waals surface area (Å²) in [5.41, 5.74) is 1.93. The molecular formula is C69H114O8. The highest BCUT2D eigenvalue weighted by Crippen LogP contribution is 2.33. The van der Waals surface area contributed by atoms with Crippen molar-refractivity contribution in [2.24, 2.45) is 0 Å². The molecule has 0 bridgehead atoms. The first kappa shape index (κ1) is 67.2. The number of carboxylic acids is 1. The van der Waals surface area contributed by atoms with E-state index >= 15 is 0 Å². The Morgan fingerprint density at radius 1 is 0.299 bits per heavy atom. The van der Waals surface area contributed by atoms with Crippen molar-refractivity contribution in [2.45, 2.75) is 298 Å². The molecule has 0 aliphatic rings. The van der Waals surface area contributed by atoms with Crippen LogP contribution in [-0.2, 0) is 13.2 Å². The van der Waals surface area contributed by atoms with Crippen molar-refractivity contribution in [3.63, 3.8) is 0 Å². The molecule has 77 heavy (non-hydrogen) atoms. The summed E-state index contributed by atoms with van der Waals surface area (Å²) in [5, 5.41) is 10.1. The van der Waals surface area contributed by atoms with E-state index < -0.39 is 5.97 Å². The van der Waals surface area contributed by atoms with Crippen molar-refractivity contribution in [3.8, 4) is 34.5 Å². The summed E-state index contributed by atoms with van der Waals surface area (Å²) in [7, 11) is 0. The average Bonchev–Trinajstić information content (AvgIpc) is 3.44. The first-order valence-corrected chi connectivity index (χ1v) is 32.4. The van der Waals surface area contributed by atoms with Gasteiger partial charge in [-0.1, -0.05) is 271 Å². The molecule has 0 radical (unpaired) electrons. The highest BCUT2D eigenvalue weighted by Gasteiger charge is 2.14. The van der Waals surface area contributed by atoms with Crippen molar-refractivity contribution in [2.75, 3.05) is 26.4 Å². The Kier molecular flexibility index (Phi) is 41.8. The van der Waals surface area contributed by atoms with Crippen LogP contribution in [0, 0.1) is 0 Å². The van der Waals surface area contributed by atoms with E-state index in [2.05, 4.69) is 27.7 Å². The number of hydrogen-bond acceptors (Lipinski definition) is 7. The molecule has 0 saturated heterocycles. The highest BCUT2D eigenvalue weighted by atomic mass is 16.5. The Bertz CT molecular complexity index is 1720. The van der Waals surface area contributed by atoms with Crippen LogP contribution in [0.2, 0.25) is 0 Å². The minimum atomic E-state index is -1.04. The standard InChI is InChI=1S/C69H114O8/c1-5-9-13-17-21-25-29-33-37-41-49-72-65-47-45-60(53-67(65)74-51-43-39-35-31-27-23-19-15-11-7-3)58-76-63-55-62(69(70)71)56-64(57-63)77-59-61-46-48-66(73-50-42-38-34-30-26-22-18-14-10-6-2)68(54-61)75-52-44-40-36-32-28-24-20-16-12-8-4/h45-48,53-57H,5-44,49-52,58-59H2,1-4H3,(H,70,71). The van der Waals surface area contributed by atoms with Gasteiger partial charge in [-0.3, -0.25) is 0 Å². The Morgan fingerprint density at radius 3 is 0.805 bits per heavy atom. The third-order valence-electron chi connectivity index (χ3n) is 15.0. The average molecular weight is 1070 g/mol. The number of rotatable bonds is 55. The largest absolute Gasteiger partial charge is 0.490 e. The maximum Gasteiger partial charge on any atom is 0.335 e. The van der Waals surface area contributed by atoms with E-state index in [-0.39, 0.29) is 18.8 Å². The Balaban J connectivity index is 1.61. The summed E-state index contributed by atoms with van der Waals surface area (Å²) in [6.45, 7) is 12.2. The van der Waals surface area contributed by atoms with E-state index in [1.165, 1.54) is 218 Å². The first-order valence-electron chi connectivity index (χ1n) is 32.4. The smallest absolute Gasteiger partial charge is 0.335 e. The zero-order valence-corrected chi connectivity index (χ0v) is 50.0. The minimum Gasteiger partial charge on any atom is -0.490 e. The van der Waals surface area contributed by atoms with Gasteiger partial charge in [-0.15, -0.1) is 0 Å². The van der Waals surface area contributed by atoms with Crippen molar-refractivity contribution in [3.05, 3.63) is 71.3 Å². The van der Waals surface area contributed by atoms with E-state index in [1.54, 1.807) is 18.2 Å². The van der Waals surface area contributed by atoms with Crippen LogP contribution in [0.25, 0.3) is 0 Å². The van der Waals surface area contributed by atoms with Crippen LogP contribution < -0.4 is 28.4 Å². The summed E-state index contributed by atoms with van der Waals surface area (Å²) in [5.74, 6) is 2.80. The molecule has 8 nitrogen and oxygen atoms in total. The maximum absolute atomic E-state index is 12.4. The second-order valence-corrected chi connectivity index (χ2v) is 22.3. The molecule has 0 saturated carbocycles. The fourth-order valence-corrected chi connectivity index (χ4v) is 10.0. The molecule has 8 heteroatoms. The molecule has 0 aliphatic heterocycles. The summed E-state index contributed by atoms with van der Waals surface area (Å²) in [4.78, 5) is 12.4. The predicted octanol–water partition coefficient (Wildman–Crippen LogP) is 21.7. The molecule has 0 heterocycles. The molecule has 0 aromatic heterocycles. The van der Waals surface area contributed by atoms with E-state index in [9.17, 15) is 9.90 Å². The second-order valence-electron chi connectivity index (χ2n) is 22.3. The summed E-state index contributed by atoms with van der Waals surface area (Å²) in [6.07, 6.45) is 51.2. The maximum atomic E-state index is 12.4. The lowest BCUT2D eigenvalue weighted by molar-refractivity contribution is 0.0695. The van der Waals surface area contributed by atoms with Crippen LogP contribution in [0.5, 0.6) is 34.5 Å². The number of carboxylic acid groups (broad SMARTS) is 1. The van der Waals surface area contributed by atoms with Gasteiger partial charge in [0.1, 0.15) is 24.7 Å². The molecule has 0 atom stereocenters. The lowest BCUT2D eigenvalue weighted by Gasteiger charge is -2.16. The molecule has 0 unspecified atom stereocenters. The topological polar surface area (TPSA) is 92.7 Å². The van der Waals surface area contributed by atoms with E-state index in [1.807, 2.05) is 36.4 Å². The van der Waals surface area contributed by atoms with E-state index in [0.29, 0.717) is 37.9 Å². The predicted molar refractivity (Wildman–Crippen MR) is 324 cm³/mol. The minimum absolute atomic E-state index is 0.102. The lowest BCUT2D eigenvalue weighted by Crippen LogP contribution is -2.05. The first-order chi connectivity index (χ1) is 38.0. The van der Waals surface area contributed by atoms with Gasteiger partial charge in [0.2, 0.25) is 0 Å². The van der Waals surface area contributed by atoms with Gasteiger partial charge in [-0.25, -0.2) is 4.79 Å². The monoisotopic (exact) mass is 1070 g/mol. The third-order valence-corrected chi connectivity index (χ3v) is 15.0. The van der Waals surface area contributed by atoms with Crippen LogP contribution >= 0.6 is 0 Å². The van der Waals surface area contributed by atoms with Crippen LogP contribution in [0.1, 0.15) is 306 Å². The van der Waals surface area contributed by atoms with Gasteiger partial charge in [0.15, 0.2) is 23.0 Å². The van der Waals surface area contributed by atoms with Crippen molar-refractivity contribution in [1.82, 2.24) is 0 Å². The molecule has 3 aromatic carbocycles. The second kappa shape index (κ2) is 47.9. The Labute approximate surface area is 472 Å². The van der Waals surface area contributed by atoms with Gasteiger partial charge in [-0.2, -0.15) is 0 Å². The molecule has 438 valence electrons. The normalized spacial score (nSPS) is 11.3. The van der Waals surface area contributed by atoms with Crippen LogP contribution in [0.4, 0.5) is 0 Å².